The monoisotopic (exact) mass is 213 g/mol. The molecule has 7 heteroatoms. The van der Waals surface area contributed by atoms with Gasteiger partial charge in [-0.1, -0.05) is 6.92 Å². The summed E-state index contributed by atoms with van der Waals surface area (Å²) in [5.41, 5.74) is -1.10. The Morgan fingerprint density at radius 3 is 2.80 bits per heavy atom. The Hall–Kier alpha value is -1.63. The van der Waals surface area contributed by atoms with Crippen molar-refractivity contribution < 1.29 is 0 Å². The van der Waals surface area contributed by atoms with Crippen LogP contribution in [0.4, 0.5) is 5.82 Å². The van der Waals surface area contributed by atoms with E-state index >= 15 is 0 Å². The molecule has 15 heavy (non-hydrogen) atoms. The second kappa shape index (κ2) is 5.97. The SMILES string of the molecule is CCNCCCNc1n[nH]c(=O)[nH]c1=O. The Labute approximate surface area is 86.3 Å². The third-order valence-electron chi connectivity index (χ3n) is 1.78. The highest BCUT2D eigenvalue weighted by atomic mass is 16.2. The van der Waals surface area contributed by atoms with Gasteiger partial charge in [-0.2, -0.15) is 0 Å². The Bertz CT molecular complexity index is 397. The molecule has 0 aliphatic rings. The van der Waals surface area contributed by atoms with Crippen molar-refractivity contribution in [1.29, 1.82) is 0 Å². The summed E-state index contributed by atoms with van der Waals surface area (Å²) in [6.45, 7) is 4.47. The lowest BCUT2D eigenvalue weighted by Gasteiger charge is -2.03. The summed E-state index contributed by atoms with van der Waals surface area (Å²) < 4.78 is 0. The zero-order valence-electron chi connectivity index (χ0n) is 8.59. The highest BCUT2D eigenvalue weighted by molar-refractivity contribution is 5.28. The van der Waals surface area contributed by atoms with E-state index in [4.69, 9.17) is 0 Å². The van der Waals surface area contributed by atoms with Gasteiger partial charge in [0.2, 0.25) is 5.82 Å². The number of nitrogens with zero attached hydrogens (tertiary/aromatic N) is 1. The maximum Gasteiger partial charge on any atom is 0.342 e. The summed E-state index contributed by atoms with van der Waals surface area (Å²) >= 11 is 0. The lowest BCUT2D eigenvalue weighted by atomic mass is 10.4. The highest BCUT2D eigenvalue weighted by Gasteiger charge is 1.99. The quantitative estimate of drug-likeness (QED) is 0.448. The van der Waals surface area contributed by atoms with Gasteiger partial charge in [0, 0.05) is 6.54 Å². The molecule has 0 saturated carbocycles. The first-order valence-electron chi connectivity index (χ1n) is 4.87. The fourth-order valence-electron chi connectivity index (χ4n) is 1.06. The molecule has 84 valence electrons. The van der Waals surface area contributed by atoms with Gasteiger partial charge in [0.15, 0.2) is 0 Å². The number of aromatic nitrogens is 3. The van der Waals surface area contributed by atoms with Crippen molar-refractivity contribution in [3.63, 3.8) is 0 Å². The molecule has 1 rings (SSSR count). The van der Waals surface area contributed by atoms with Crippen molar-refractivity contribution in [2.24, 2.45) is 0 Å². The smallest absolute Gasteiger partial charge is 0.342 e. The van der Waals surface area contributed by atoms with Crippen LogP contribution in [-0.2, 0) is 0 Å². The first-order chi connectivity index (χ1) is 7.24. The van der Waals surface area contributed by atoms with Crippen LogP contribution in [0.2, 0.25) is 0 Å². The van der Waals surface area contributed by atoms with E-state index < -0.39 is 11.2 Å². The Balaban J connectivity index is 2.38. The number of H-pyrrole nitrogens is 2. The minimum absolute atomic E-state index is 0.145. The fraction of sp³-hybridized carbons (Fsp3) is 0.625. The standard InChI is InChI=1S/C8H15N5O2/c1-2-9-4-3-5-10-6-7(14)11-8(15)13-12-6/h9H,2-5H2,1H3,(H,10,12)(H2,11,13,14,15). The molecule has 1 heterocycles. The molecule has 0 fully saturated rings. The molecule has 0 aliphatic carbocycles. The zero-order valence-corrected chi connectivity index (χ0v) is 8.59. The summed E-state index contributed by atoms with van der Waals surface area (Å²) in [5, 5.41) is 11.7. The van der Waals surface area contributed by atoms with Gasteiger partial charge in [-0.15, -0.1) is 5.10 Å². The van der Waals surface area contributed by atoms with Gasteiger partial charge in [-0.25, -0.2) is 9.89 Å². The topological polar surface area (TPSA) is 103 Å². The molecule has 0 amide bonds. The third-order valence-corrected chi connectivity index (χ3v) is 1.78. The largest absolute Gasteiger partial charge is 0.364 e. The Morgan fingerprint density at radius 1 is 1.33 bits per heavy atom. The van der Waals surface area contributed by atoms with Crippen LogP contribution in [0.3, 0.4) is 0 Å². The summed E-state index contributed by atoms with van der Waals surface area (Å²) in [6, 6.07) is 0. The number of nitrogens with one attached hydrogen (secondary N) is 4. The molecule has 0 atom stereocenters. The molecule has 1 aromatic heterocycles. The fourth-order valence-corrected chi connectivity index (χ4v) is 1.06. The zero-order chi connectivity index (χ0) is 11.1. The molecular formula is C8H15N5O2. The molecule has 0 bridgehead atoms. The van der Waals surface area contributed by atoms with E-state index in [0.717, 1.165) is 19.5 Å². The summed E-state index contributed by atoms with van der Waals surface area (Å²) in [7, 11) is 0. The van der Waals surface area contributed by atoms with E-state index in [1.54, 1.807) is 0 Å². The number of anilines is 1. The van der Waals surface area contributed by atoms with E-state index in [0.29, 0.717) is 6.54 Å². The maximum atomic E-state index is 11.1. The van der Waals surface area contributed by atoms with Crippen molar-refractivity contribution in [3.8, 4) is 0 Å². The van der Waals surface area contributed by atoms with E-state index in [1.165, 1.54) is 0 Å². The lowest BCUT2D eigenvalue weighted by Crippen LogP contribution is -2.27. The Kier molecular flexibility index (Phi) is 4.55. The van der Waals surface area contributed by atoms with Crippen molar-refractivity contribution >= 4 is 5.82 Å². The predicted molar refractivity (Wildman–Crippen MR) is 57.1 cm³/mol. The third kappa shape index (κ3) is 3.94. The lowest BCUT2D eigenvalue weighted by molar-refractivity contribution is 0.686. The number of rotatable bonds is 6. The van der Waals surface area contributed by atoms with Crippen LogP contribution in [0.15, 0.2) is 9.59 Å². The van der Waals surface area contributed by atoms with Crippen LogP contribution in [0.25, 0.3) is 0 Å². The van der Waals surface area contributed by atoms with Gasteiger partial charge in [0.25, 0.3) is 5.56 Å². The molecule has 4 N–H and O–H groups in total. The summed E-state index contributed by atoms with van der Waals surface area (Å²) in [6.07, 6.45) is 0.883. The summed E-state index contributed by atoms with van der Waals surface area (Å²) in [5.74, 6) is 0.145. The van der Waals surface area contributed by atoms with Crippen molar-refractivity contribution in [2.75, 3.05) is 25.0 Å². The second-order valence-electron chi connectivity index (χ2n) is 2.99. The van der Waals surface area contributed by atoms with Crippen LogP contribution in [0, 0.1) is 0 Å². The predicted octanol–water partition coefficient (Wildman–Crippen LogP) is -1.13. The first kappa shape index (κ1) is 11.4. The number of hydrogen-bond donors (Lipinski definition) is 4. The van der Waals surface area contributed by atoms with Crippen LogP contribution >= 0.6 is 0 Å². The van der Waals surface area contributed by atoms with Crippen LogP contribution < -0.4 is 21.9 Å². The maximum absolute atomic E-state index is 11.1. The van der Waals surface area contributed by atoms with Gasteiger partial charge >= 0.3 is 5.69 Å². The molecule has 0 unspecified atom stereocenters. The molecule has 0 saturated heterocycles. The van der Waals surface area contributed by atoms with E-state index in [1.807, 2.05) is 6.92 Å². The van der Waals surface area contributed by atoms with Crippen molar-refractivity contribution in [1.82, 2.24) is 20.5 Å². The van der Waals surface area contributed by atoms with Gasteiger partial charge in [0.05, 0.1) is 0 Å². The highest BCUT2D eigenvalue weighted by Crippen LogP contribution is 1.86. The summed E-state index contributed by atoms with van der Waals surface area (Å²) in [4.78, 5) is 23.9. The van der Waals surface area contributed by atoms with E-state index in [-0.39, 0.29) is 5.82 Å². The molecule has 7 nitrogen and oxygen atoms in total. The van der Waals surface area contributed by atoms with Crippen LogP contribution in [0.5, 0.6) is 0 Å². The van der Waals surface area contributed by atoms with Crippen molar-refractivity contribution in [2.45, 2.75) is 13.3 Å². The average molecular weight is 213 g/mol. The number of aromatic amines is 2. The van der Waals surface area contributed by atoms with Gasteiger partial charge < -0.3 is 10.6 Å². The Morgan fingerprint density at radius 2 is 2.13 bits per heavy atom. The van der Waals surface area contributed by atoms with Crippen LogP contribution in [-0.4, -0.2) is 34.8 Å². The molecule has 0 aliphatic heterocycles. The molecule has 0 radical (unpaired) electrons. The molecule has 0 aromatic carbocycles. The average Bonchev–Trinajstić information content (AvgIpc) is 2.20. The molecular weight excluding hydrogens is 198 g/mol. The normalized spacial score (nSPS) is 10.2. The van der Waals surface area contributed by atoms with Gasteiger partial charge in [-0.3, -0.25) is 9.78 Å². The van der Waals surface area contributed by atoms with Crippen molar-refractivity contribution in [3.05, 3.63) is 20.8 Å². The first-order valence-corrected chi connectivity index (χ1v) is 4.87. The second-order valence-corrected chi connectivity index (χ2v) is 2.99. The minimum atomic E-state index is -0.599. The number of hydrogen-bond acceptors (Lipinski definition) is 5. The van der Waals surface area contributed by atoms with E-state index in [2.05, 4.69) is 25.8 Å². The van der Waals surface area contributed by atoms with Crippen LogP contribution in [0.1, 0.15) is 13.3 Å². The van der Waals surface area contributed by atoms with Gasteiger partial charge in [-0.05, 0) is 19.5 Å². The van der Waals surface area contributed by atoms with E-state index in [9.17, 15) is 9.59 Å². The minimum Gasteiger partial charge on any atom is -0.364 e. The molecule has 0 spiro atoms. The molecule has 1 aromatic rings. The van der Waals surface area contributed by atoms with Gasteiger partial charge in [0.1, 0.15) is 0 Å².